The first-order valence-corrected chi connectivity index (χ1v) is 6.09. The molecule has 1 saturated carbocycles. The average Bonchev–Trinajstić information content (AvgIpc) is 2.87. The molecule has 3 heteroatoms. The Kier molecular flexibility index (Phi) is 3.06. The summed E-state index contributed by atoms with van der Waals surface area (Å²) in [6.07, 6.45) is 6.59. The zero-order valence-corrected chi connectivity index (χ0v) is 10.1. The lowest BCUT2D eigenvalue weighted by Gasteiger charge is -2.24. The van der Waals surface area contributed by atoms with Gasteiger partial charge in [-0.25, -0.2) is 0 Å². The van der Waals surface area contributed by atoms with E-state index in [1.165, 1.54) is 0 Å². The third kappa shape index (κ3) is 2.29. The van der Waals surface area contributed by atoms with Gasteiger partial charge in [-0.1, -0.05) is 26.0 Å². The smallest absolute Gasteiger partial charge is 0.223 e. The number of aliphatic hydroxyl groups is 1. The molecule has 2 N–H and O–H groups in total. The van der Waals surface area contributed by atoms with Gasteiger partial charge in [0.2, 0.25) is 5.91 Å². The van der Waals surface area contributed by atoms with Crippen molar-refractivity contribution in [3.8, 4) is 0 Å². The predicted octanol–water partition coefficient (Wildman–Crippen LogP) is 1.33. The molecule has 90 valence electrons. The fraction of sp³-hybridized carbons (Fsp3) is 0.769. The first-order chi connectivity index (χ1) is 7.52. The fourth-order valence-electron chi connectivity index (χ4n) is 2.60. The SMILES string of the molecule is CC(C)(CO)CNC(=O)C1CC2C=CC1C2. The Bertz CT molecular complexity index is 309. The van der Waals surface area contributed by atoms with Gasteiger partial charge in [-0.2, -0.15) is 0 Å². The highest BCUT2D eigenvalue weighted by Crippen LogP contribution is 2.43. The predicted molar refractivity (Wildman–Crippen MR) is 62.7 cm³/mol. The van der Waals surface area contributed by atoms with Crippen LogP contribution >= 0.6 is 0 Å². The Hall–Kier alpha value is -0.830. The van der Waals surface area contributed by atoms with Crippen molar-refractivity contribution < 1.29 is 9.90 Å². The van der Waals surface area contributed by atoms with E-state index in [-0.39, 0.29) is 23.8 Å². The number of carbonyl (C=O) groups excluding carboxylic acids is 1. The summed E-state index contributed by atoms with van der Waals surface area (Å²) < 4.78 is 0. The molecule has 0 aliphatic heterocycles. The molecule has 0 radical (unpaired) electrons. The Balaban J connectivity index is 1.83. The Morgan fingerprint density at radius 1 is 1.44 bits per heavy atom. The molecular weight excluding hydrogens is 202 g/mol. The summed E-state index contributed by atoms with van der Waals surface area (Å²) in [5.74, 6) is 1.43. The van der Waals surface area contributed by atoms with Crippen molar-refractivity contribution in [3.63, 3.8) is 0 Å². The van der Waals surface area contributed by atoms with Crippen molar-refractivity contribution in [1.82, 2.24) is 5.32 Å². The third-order valence-electron chi connectivity index (χ3n) is 3.78. The van der Waals surface area contributed by atoms with Gasteiger partial charge < -0.3 is 10.4 Å². The molecular formula is C13H21NO2. The zero-order valence-electron chi connectivity index (χ0n) is 10.1. The van der Waals surface area contributed by atoms with Crippen molar-refractivity contribution >= 4 is 5.91 Å². The second-order valence-electron chi connectivity index (χ2n) is 5.93. The Morgan fingerprint density at radius 3 is 2.69 bits per heavy atom. The number of hydrogen-bond donors (Lipinski definition) is 2. The molecule has 3 atom stereocenters. The standard InChI is InChI=1S/C13H21NO2/c1-13(2,8-15)7-14-12(16)11-6-9-3-4-10(11)5-9/h3-4,9-11,15H,5-8H2,1-2H3,(H,14,16). The largest absolute Gasteiger partial charge is 0.396 e. The fourth-order valence-corrected chi connectivity index (χ4v) is 2.60. The van der Waals surface area contributed by atoms with E-state index in [0.29, 0.717) is 18.4 Å². The van der Waals surface area contributed by atoms with Gasteiger partial charge >= 0.3 is 0 Å². The highest BCUT2D eigenvalue weighted by molar-refractivity contribution is 5.80. The van der Waals surface area contributed by atoms with Crippen molar-refractivity contribution in [3.05, 3.63) is 12.2 Å². The molecule has 2 rings (SSSR count). The minimum Gasteiger partial charge on any atom is -0.396 e. The second-order valence-corrected chi connectivity index (χ2v) is 5.93. The van der Waals surface area contributed by atoms with Crippen LogP contribution in [0.1, 0.15) is 26.7 Å². The molecule has 2 aliphatic carbocycles. The van der Waals surface area contributed by atoms with Gasteiger partial charge in [0.05, 0.1) is 0 Å². The third-order valence-corrected chi connectivity index (χ3v) is 3.78. The van der Waals surface area contributed by atoms with Crippen LogP contribution in [0.5, 0.6) is 0 Å². The molecule has 2 bridgehead atoms. The van der Waals surface area contributed by atoms with Gasteiger partial charge in [0.15, 0.2) is 0 Å². The molecule has 0 saturated heterocycles. The molecule has 0 spiro atoms. The Labute approximate surface area is 96.9 Å². The molecule has 3 unspecified atom stereocenters. The topological polar surface area (TPSA) is 49.3 Å². The van der Waals surface area contributed by atoms with Crippen LogP contribution < -0.4 is 5.32 Å². The lowest BCUT2D eigenvalue weighted by atomic mass is 9.91. The number of fused-ring (bicyclic) bond motifs is 2. The average molecular weight is 223 g/mol. The summed E-state index contributed by atoms with van der Waals surface area (Å²) in [6, 6.07) is 0. The van der Waals surface area contributed by atoms with Crippen molar-refractivity contribution in [1.29, 1.82) is 0 Å². The maximum atomic E-state index is 12.0. The van der Waals surface area contributed by atoms with Gasteiger partial charge in [0.1, 0.15) is 0 Å². The van der Waals surface area contributed by atoms with Gasteiger partial charge in [-0.15, -0.1) is 0 Å². The van der Waals surface area contributed by atoms with E-state index in [2.05, 4.69) is 17.5 Å². The van der Waals surface area contributed by atoms with E-state index in [9.17, 15) is 4.79 Å². The normalized spacial score (nSPS) is 32.1. The van der Waals surface area contributed by atoms with E-state index in [1.807, 2.05) is 13.8 Å². The highest BCUT2D eigenvalue weighted by Gasteiger charge is 2.39. The molecule has 16 heavy (non-hydrogen) atoms. The number of nitrogens with one attached hydrogen (secondary N) is 1. The van der Waals surface area contributed by atoms with Crippen LogP contribution in [-0.4, -0.2) is 24.2 Å². The van der Waals surface area contributed by atoms with Gasteiger partial charge in [0.25, 0.3) is 0 Å². The van der Waals surface area contributed by atoms with Crippen LogP contribution in [0, 0.1) is 23.2 Å². The van der Waals surface area contributed by atoms with Crippen LogP contribution in [0.3, 0.4) is 0 Å². The number of carbonyl (C=O) groups is 1. The van der Waals surface area contributed by atoms with Crippen molar-refractivity contribution in [2.24, 2.45) is 23.2 Å². The summed E-state index contributed by atoms with van der Waals surface area (Å²) in [7, 11) is 0. The molecule has 0 aromatic heterocycles. The second kappa shape index (κ2) is 4.21. The molecule has 0 heterocycles. The van der Waals surface area contributed by atoms with Crippen LogP contribution in [0.2, 0.25) is 0 Å². The van der Waals surface area contributed by atoms with Crippen molar-refractivity contribution in [2.75, 3.05) is 13.2 Å². The molecule has 0 aromatic rings. The Morgan fingerprint density at radius 2 is 2.19 bits per heavy atom. The summed E-state index contributed by atoms with van der Waals surface area (Å²) in [6.45, 7) is 4.56. The molecule has 3 nitrogen and oxygen atoms in total. The lowest BCUT2D eigenvalue weighted by Crippen LogP contribution is -2.40. The minimum absolute atomic E-state index is 0.101. The van der Waals surface area contributed by atoms with Gasteiger partial charge in [-0.3, -0.25) is 4.79 Å². The lowest BCUT2D eigenvalue weighted by molar-refractivity contribution is -0.126. The highest BCUT2D eigenvalue weighted by atomic mass is 16.3. The van der Waals surface area contributed by atoms with E-state index in [0.717, 1.165) is 12.8 Å². The van der Waals surface area contributed by atoms with Crippen LogP contribution in [0.4, 0.5) is 0 Å². The molecule has 1 fully saturated rings. The van der Waals surface area contributed by atoms with Crippen molar-refractivity contribution in [2.45, 2.75) is 26.7 Å². The summed E-state index contributed by atoms with van der Waals surface area (Å²) in [5.41, 5.74) is -0.219. The van der Waals surface area contributed by atoms with Crippen LogP contribution in [-0.2, 0) is 4.79 Å². The quantitative estimate of drug-likeness (QED) is 0.706. The monoisotopic (exact) mass is 223 g/mol. The number of amides is 1. The zero-order chi connectivity index (χ0) is 11.8. The number of allylic oxidation sites excluding steroid dienone is 2. The van der Waals surface area contributed by atoms with E-state index in [1.54, 1.807) is 0 Å². The van der Waals surface area contributed by atoms with E-state index < -0.39 is 0 Å². The minimum atomic E-state index is -0.219. The molecule has 0 aromatic carbocycles. The molecule has 2 aliphatic rings. The maximum absolute atomic E-state index is 12.0. The van der Waals surface area contributed by atoms with Crippen LogP contribution in [0.25, 0.3) is 0 Å². The number of hydrogen-bond acceptors (Lipinski definition) is 2. The molecule has 1 amide bonds. The van der Waals surface area contributed by atoms with E-state index >= 15 is 0 Å². The van der Waals surface area contributed by atoms with Gasteiger partial charge in [-0.05, 0) is 24.7 Å². The van der Waals surface area contributed by atoms with Gasteiger partial charge in [0, 0.05) is 24.5 Å². The van der Waals surface area contributed by atoms with Crippen LogP contribution in [0.15, 0.2) is 12.2 Å². The summed E-state index contributed by atoms with van der Waals surface area (Å²) in [4.78, 5) is 12.0. The number of aliphatic hydroxyl groups excluding tert-OH is 1. The first-order valence-electron chi connectivity index (χ1n) is 6.09. The first kappa shape index (κ1) is 11.6. The summed E-state index contributed by atoms with van der Waals surface area (Å²) >= 11 is 0. The maximum Gasteiger partial charge on any atom is 0.223 e. The van der Waals surface area contributed by atoms with E-state index in [4.69, 9.17) is 5.11 Å². The number of rotatable bonds is 4. The summed E-state index contributed by atoms with van der Waals surface area (Å²) in [5, 5.41) is 12.1.